The minimum Gasteiger partial charge on any atom is -0.444 e. The predicted molar refractivity (Wildman–Crippen MR) is 128 cm³/mol. The van der Waals surface area contributed by atoms with E-state index in [1.165, 1.54) is 29.9 Å². The Morgan fingerprint density at radius 3 is 2.44 bits per heavy atom. The highest BCUT2D eigenvalue weighted by atomic mass is 35.5. The maximum atomic E-state index is 13.4. The summed E-state index contributed by atoms with van der Waals surface area (Å²) in [5.41, 5.74) is 2.69. The molecule has 0 bridgehead atoms. The molecule has 0 saturated heterocycles. The van der Waals surface area contributed by atoms with E-state index in [2.05, 4.69) is 20.3 Å². The monoisotopic (exact) mass is 475 g/mol. The fourth-order valence-electron chi connectivity index (χ4n) is 3.55. The van der Waals surface area contributed by atoms with Crippen molar-refractivity contribution in [2.45, 2.75) is 12.5 Å². The number of nitrogens with zero attached hydrogens (tertiary/aromatic N) is 4. The summed E-state index contributed by atoms with van der Waals surface area (Å²) in [6.45, 7) is 0.396. The molecule has 2 aromatic heterocycles. The second-order valence-corrected chi connectivity index (χ2v) is 7.64. The SMILES string of the molecule is O=C(NCCc1ccccc1)[C@H](c1cnccn1)N(C(=O)CCl)c1ccc(-c2cnco2)cc1. The maximum absolute atomic E-state index is 13.4. The number of hydrogen-bond donors (Lipinski definition) is 1. The summed E-state index contributed by atoms with van der Waals surface area (Å²) in [6, 6.07) is 15.8. The minimum absolute atomic E-state index is 0.308. The first-order valence-corrected chi connectivity index (χ1v) is 11.2. The number of rotatable bonds is 9. The molecule has 1 N–H and O–H groups in total. The van der Waals surface area contributed by atoms with Crippen LogP contribution in [0.2, 0.25) is 0 Å². The van der Waals surface area contributed by atoms with Gasteiger partial charge in [0.15, 0.2) is 18.2 Å². The molecule has 2 aromatic carbocycles. The average molecular weight is 476 g/mol. The highest BCUT2D eigenvalue weighted by Crippen LogP contribution is 2.29. The van der Waals surface area contributed by atoms with E-state index in [4.69, 9.17) is 16.0 Å². The zero-order chi connectivity index (χ0) is 23.8. The zero-order valence-corrected chi connectivity index (χ0v) is 18.9. The van der Waals surface area contributed by atoms with Crippen molar-refractivity contribution in [3.8, 4) is 11.3 Å². The van der Waals surface area contributed by atoms with Crippen molar-refractivity contribution in [3.05, 3.63) is 97.0 Å². The van der Waals surface area contributed by atoms with Crippen LogP contribution in [0.3, 0.4) is 0 Å². The van der Waals surface area contributed by atoms with Gasteiger partial charge in [0.25, 0.3) is 0 Å². The molecular formula is C25H22ClN5O3. The summed E-state index contributed by atoms with van der Waals surface area (Å²) in [7, 11) is 0. The summed E-state index contributed by atoms with van der Waals surface area (Å²) < 4.78 is 5.33. The van der Waals surface area contributed by atoms with Gasteiger partial charge in [-0.1, -0.05) is 30.3 Å². The van der Waals surface area contributed by atoms with E-state index < -0.39 is 11.9 Å². The Labute approximate surface area is 201 Å². The number of aromatic nitrogens is 3. The van der Waals surface area contributed by atoms with Crippen molar-refractivity contribution in [1.29, 1.82) is 0 Å². The third kappa shape index (κ3) is 5.47. The summed E-state index contributed by atoms with van der Waals surface area (Å²) in [4.78, 5) is 40.0. The van der Waals surface area contributed by atoms with Crippen LogP contribution in [0, 0.1) is 0 Å². The lowest BCUT2D eigenvalue weighted by molar-refractivity contribution is -0.126. The number of amides is 2. The quantitative estimate of drug-likeness (QED) is 0.369. The van der Waals surface area contributed by atoms with Crippen molar-refractivity contribution >= 4 is 29.1 Å². The molecule has 0 aliphatic carbocycles. The van der Waals surface area contributed by atoms with Gasteiger partial charge in [0, 0.05) is 30.2 Å². The highest BCUT2D eigenvalue weighted by molar-refractivity contribution is 6.29. The molecule has 4 rings (SSSR count). The Hall–Kier alpha value is -4.04. The van der Waals surface area contributed by atoms with Gasteiger partial charge < -0.3 is 9.73 Å². The van der Waals surface area contributed by atoms with Crippen LogP contribution >= 0.6 is 11.6 Å². The summed E-state index contributed by atoms with van der Waals surface area (Å²) >= 11 is 5.95. The van der Waals surface area contributed by atoms with Crippen LogP contribution in [0.25, 0.3) is 11.3 Å². The number of carbonyl (C=O) groups excluding carboxylic acids is 2. The molecule has 4 aromatic rings. The third-order valence-corrected chi connectivity index (χ3v) is 5.40. The van der Waals surface area contributed by atoms with Gasteiger partial charge in [-0.2, -0.15) is 0 Å². The molecule has 9 heteroatoms. The van der Waals surface area contributed by atoms with Gasteiger partial charge in [-0.05, 0) is 36.2 Å². The van der Waals surface area contributed by atoms with E-state index >= 15 is 0 Å². The normalized spacial score (nSPS) is 11.6. The van der Waals surface area contributed by atoms with Crippen LogP contribution < -0.4 is 10.2 Å². The number of benzene rings is 2. The molecule has 172 valence electrons. The lowest BCUT2D eigenvalue weighted by atomic mass is 10.1. The van der Waals surface area contributed by atoms with Gasteiger partial charge in [0.2, 0.25) is 11.8 Å². The number of halogens is 1. The first kappa shape index (κ1) is 23.1. The van der Waals surface area contributed by atoms with Crippen molar-refractivity contribution < 1.29 is 14.0 Å². The van der Waals surface area contributed by atoms with Crippen LogP contribution in [-0.4, -0.2) is 39.2 Å². The number of oxazole rings is 1. The molecule has 0 radical (unpaired) electrons. The molecule has 8 nitrogen and oxygen atoms in total. The molecule has 1 atom stereocenters. The molecule has 0 fully saturated rings. The maximum Gasteiger partial charge on any atom is 0.249 e. The molecule has 0 aliphatic heterocycles. The van der Waals surface area contributed by atoms with Crippen LogP contribution in [0.5, 0.6) is 0 Å². The lowest BCUT2D eigenvalue weighted by Crippen LogP contribution is -2.45. The summed E-state index contributed by atoms with van der Waals surface area (Å²) in [6.07, 6.45) is 8.05. The van der Waals surface area contributed by atoms with E-state index in [0.29, 0.717) is 30.1 Å². The second kappa shape index (κ2) is 11.2. The van der Waals surface area contributed by atoms with Gasteiger partial charge in [0.1, 0.15) is 5.88 Å². The van der Waals surface area contributed by atoms with E-state index in [1.807, 2.05) is 30.3 Å². The van der Waals surface area contributed by atoms with Gasteiger partial charge in [-0.25, -0.2) is 4.98 Å². The van der Waals surface area contributed by atoms with Gasteiger partial charge in [0.05, 0.1) is 18.1 Å². The number of hydrogen-bond acceptors (Lipinski definition) is 6. The molecular weight excluding hydrogens is 454 g/mol. The van der Waals surface area contributed by atoms with Crippen LogP contribution in [0.15, 0.2) is 90.2 Å². The number of carbonyl (C=O) groups is 2. The Bertz CT molecular complexity index is 1200. The Kier molecular flexibility index (Phi) is 7.62. The second-order valence-electron chi connectivity index (χ2n) is 7.37. The van der Waals surface area contributed by atoms with Crippen molar-refractivity contribution in [2.75, 3.05) is 17.3 Å². The van der Waals surface area contributed by atoms with E-state index in [1.54, 1.807) is 30.5 Å². The zero-order valence-electron chi connectivity index (χ0n) is 18.2. The van der Waals surface area contributed by atoms with Crippen molar-refractivity contribution in [1.82, 2.24) is 20.3 Å². The van der Waals surface area contributed by atoms with Gasteiger partial charge in [-0.15, -0.1) is 11.6 Å². The topological polar surface area (TPSA) is 101 Å². The molecule has 0 saturated carbocycles. The lowest BCUT2D eigenvalue weighted by Gasteiger charge is -2.30. The first-order valence-electron chi connectivity index (χ1n) is 10.6. The van der Waals surface area contributed by atoms with Crippen molar-refractivity contribution in [2.24, 2.45) is 0 Å². The molecule has 0 aliphatic rings. The largest absolute Gasteiger partial charge is 0.444 e. The smallest absolute Gasteiger partial charge is 0.249 e. The number of nitrogens with one attached hydrogen (secondary N) is 1. The number of alkyl halides is 1. The molecule has 0 spiro atoms. The Balaban J connectivity index is 1.62. The Morgan fingerprint density at radius 2 is 1.79 bits per heavy atom. The van der Waals surface area contributed by atoms with Crippen LogP contribution in [0.1, 0.15) is 17.3 Å². The molecule has 0 unspecified atom stereocenters. The van der Waals surface area contributed by atoms with E-state index in [9.17, 15) is 9.59 Å². The average Bonchev–Trinajstić information content (AvgIpc) is 3.43. The van der Waals surface area contributed by atoms with E-state index in [-0.39, 0.29) is 11.8 Å². The predicted octanol–water partition coefficient (Wildman–Crippen LogP) is 3.80. The fraction of sp³-hybridized carbons (Fsp3) is 0.160. The molecule has 2 amide bonds. The van der Waals surface area contributed by atoms with Gasteiger partial charge in [-0.3, -0.25) is 24.5 Å². The van der Waals surface area contributed by atoms with Crippen LogP contribution in [0.4, 0.5) is 5.69 Å². The molecule has 2 heterocycles. The standard InChI is InChI=1S/C25H22ClN5O3/c26-14-23(32)31(20-8-6-19(7-9-20)22-16-28-17-34-22)24(21-15-27-12-13-29-21)25(33)30-11-10-18-4-2-1-3-5-18/h1-9,12-13,15-17,24H,10-11,14H2,(H,30,33)/t24-/m0/s1. The third-order valence-electron chi connectivity index (χ3n) is 5.17. The van der Waals surface area contributed by atoms with Crippen molar-refractivity contribution in [3.63, 3.8) is 0 Å². The number of anilines is 1. The highest BCUT2D eigenvalue weighted by Gasteiger charge is 2.33. The minimum atomic E-state index is -1.05. The van der Waals surface area contributed by atoms with E-state index in [0.717, 1.165) is 11.1 Å². The summed E-state index contributed by atoms with van der Waals surface area (Å²) in [5, 5.41) is 2.93. The van der Waals surface area contributed by atoms with Crippen LogP contribution in [-0.2, 0) is 16.0 Å². The first-order chi connectivity index (χ1) is 16.7. The molecule has 34 heavy (non-hydrogen) atoms. The Morgan fingerprint density at radius 1 is 1.00 bits per heavy atom. The summed E-state index contributed by atoms with van der Waals surface area (Å²) in [5.74, 6) is -0.541. The van der Waals surface area contributed by atoms with Gasteiger partial charge >= 0.3 is 0 Å². The fourth-order valence-corrected chi connectivity index (χ4v) is 3.68.